The highest BCUT2D eigenvalue weighted by Crippen LogP contribution is 2.48. The molecule has 4 nitrogen and oxygen atoms in total. The molecular weight excluding hydrogens is 350 g/mol. The van der Waals surface area contributed by atoms with Crippen LogP contribution >= 0.6 is 0 Å². The molecule has 28 heavy (non-hydrogen) atoms. The Labute approximate surface area is 165 Å². The van der Waals surface area contributed by atoms with E-state index in [1.54, 1.807) is 0 Å². The molecule has 144 valence electrons. The van der Waals surface area contributed by atoms with Gasteiger partial charge in [0.25, 0.3) is 5.91 Å². The van der Waals surface area contributed by atoms with Gasteiger partial charge in [0.15, 0.2) is 5.78 Å². The summed E-state index contributed by atoms with van der Waals surface area (Å²) in [7, 11) is 0. The number of hydrogen-bond acceptors (Lipinski definition) is 3. The molecule has 3 atom stereocenters. The van der Waals surface area contributed by atoms with Crippen molar-refractivity contribution in [2.75, 3.05) is 13.1 Å². The molecule has 1 aliphatic heterocycles. The van der Waals surface area contributed by atoms with Gasteiger partial charge in [0, 0.05) is 36.6 Å². The molecule has 0 aromatic heterocycles. The second-order valence-corrected chi connectivity index (χ2v) is 8.51. The van der Waals surface area contributed by atoms with Crippen LogP contribution in [0.15, 0.2) is 48.5 Å². The smallest absolute Gasteiger partial charge is 0.254 e. The van der Waals surface area contributed by atoms with Gasteiger partial charge in [0.1, 0.15) is 0 Å². The zero-order valence-corrected chi connectivity index (χ0v) is 15.9. The molecule has 1 saturated heterocycles. The van der Waals surface area contributed by atoms with Gasteiger partial charge in [-0.1, -0.05) is 42.5 Å². The number of aliphatic hydroxyl groups is 1. The Balaban J connectivity index is 1.44. The van der Waals surface area contributed by atoms with E-state index in [9.17, 15) is 14.7 Å². The predicted molar refractivity (Wildman–Crippen MR) is 106 cm³/mol. The third kappa shape index (κ3) is 2.62. The number of rotatable bonds is 2. The molecule has 0 bridgehead atoms. The lowest BCUT2D eigenvalue weighted by Gasteiger charge is -2.41. The monoisotopic (exact) mass is 375 g/mol. The molecule has 1 heterocycles. The lowest BCUT2D eigenvalue weighted by atomic mass is 9.67. The molecule has 0 unspecified atom stereocenters. The third-order valence-corrected chi connectivity index (χ3v) is 7.06. The minimum absolute atomic E-state index is 0.0105. The Morgan fingerprint density at radius 1 is 1.04 bits per heavy atom. The van der Waals surface area contributed by atoms with Crippen molar-refractivity contribution in [1.29, 1.82) is 0 Å². The van der Waals surface area contributed by atoms with Gasteiger partial charge in [-0.25, -0.2) is 0 Å². The summed E-state index contributed by atoms with van der Waals surface area (Å²) in [6.45, 7) is 1.27. The first-order chi connectivity index (χ1) is 13.6. The number of Topliss-reactive ketones (excluding diaryl/α,β-unsaturated/α-hetero) is 1. The van der Waals surface area contributed by atoms with Crippen LogP contribution in [0.1, 0.15) is 57.5 Å². The van der Waals surface area contributed by atoms with Crippen LogP contribution in [-0.2, 0) is 12.0 Å². The number of likely N-dealkylation sites (tertiary alicyclic amines) is 1. The van der Waals surface area contributed by atoms with Crippen LogP contribution in [0.2, 0.25) is 0 Å². The minimum atomic E-state index is -0.867. The molecule has 0 spiro atoms. The molecule has 2 fully saturated rings. The number of nitrogens with zero attached hydrogens (tertiary/aromatic N) is 1. The van der Waals surface area contributed by atoms with Crippen LogP contribution in [0, 0.1) is 11.8 Å². The summed E-state index contributed by atoms with van der Waals surface area (Å²) in [5.41, 5.74) is 2.39. The first kappa shape index (κ1) is 17.6. The number of carbonyl (C=O) groups excluding carboxylic acids is 2. The molecule has 2 aromatic rings. The van der Waals surface area contributed by atoms with Gasteiger partial charge in [-0.2, -0.15) is 0 Å². The summed E-state index contributed by atoms with van der Waals surface area (Å²) in [4.78, 5) is 27.3. The van der Waals surface area contributed by atoms with Gasteiger partial charge in [-0.15, -0.1) is 0 Å². The fraction of sp³-hybridized carbons (Fsp3) is 0.417. The minimum Gasteiger partial charge on any atom is -0.385 e. The predicted octanol–water partition coefficient (Wildman–Crippen LogP) is 3.58. The third-order valence-electron chi connectivity index (χ3n) is 7.06. The van der Waals surface area contributed by atoms with Crippen molar-refractivity contribution in [3.8, 4) is 0 Å². The van der Waals surface area contributed by atoms with E-state index in [0.717, 1.165) is 30.4 Å². The summed E-state index contributed by atoms with van der Waals surface area (Å²) in [5.74, 6) is 0.529. The van der Waals surface area contributed by atoms with E-state index >= 15 is 0 Å². The van der Waals surface area contributed by atoms with Crippen LogP contribution in [0.5, 0.6) is 0 Å². The van der Waals surface area contributed by atoms with E-state index in [1.165, 1.54) is 0 Å². The maximum atomic E-state index is 13.3. The topological polar surface area (TPSA) is 57.6 Å². The summed E-state index contributed by atoms with van der Waals surface area (Å²) >= 11 is 0. The summed E-state index contributed by atoms with van der Waals surface area (Å²) in [6, 6.07) is 15.4. The summed E-state index contributed by atoms with van der Waals surface area (Å²) in [6.07, 6.45) is 3.93. The molecule has 1 saturated carbocycles. The number of hydrogen-bond donors (Lipinski definition) is 1. The number of ketones is 1. The molecule has 0 radical (unpaired) electrons. The van der Waals surface area contributed by atoms with E-state index in [1.807, 2.05) is 53.4 Å². The van der Waals surface area contributed by atoms with E-state index < -0.39 is 5.60 Å². The molecule has 1 N–H and O–H groups in total. The molecule has 4 heteroatoms. The quantitative estimate of drug-likeness (QED) is 0.873. The Bertz CT molecular complexity index is 938. The second kappa shape index (κ2) is 6.56. The number of amides is 1. The van der Waals surface area contributed by atoms with E-state index in [2.05, 4.69) is 0 Å². The highest BCUT2D eigenvalue weighted by Gasteiger charge is 2.50. The fourth-order valence-electron chi connectivity index (χ4n) is 5.64. The van der Waals surface area contributed by atoms with Crippen molar-refractivity contribution in [2.24, 2.45) is 11.8 Å². The largest absolute Gasteiger partial charge is 0.385 e. The first-order valence-electron chi connectivity index (χ1n) is 10.3. The Hall–Kier alpha value is -2.46. The van der Waals surface area contributed by atoms with Crippen molar-refractivity contribution in [1.82, 2.24) is 4.90 Å². The van der Waals surface area contributed by atoms with Gasteiger partial charge in [0.2, 0.25) is 0 Å². The van der Waals surface area contributed by atoms with Crippen LogP contribution in [0.4, 0.5) is 0 Å². The van der Waals surface area contributed by atoms with E-state index in [-0.39, 0.29) is 17.6 Å². The van der Waals surface area contributed by atoms with Crippen molar-refractivity contribution in [3.05, 3.63) is 70.8 Å². The lowest BCUT2D eigenvalue weighted by molar-refractivity contribution is -0.0644. The van der Waals surface area contributed by atoms with Gasteiger partial charge < -0.3 is 10.0 Å². The maximum Gasteiger partial charge on any atom is 0.254 e. The zero-order chi connectivity index (χ0) is 19.3. The van der Waals surface area contributed by atoms with Crippen molar-refractivity contribution < 1.29 is 14.7 Å². The maximum absolute atomic E-state index is 13.3. The number of carbonyl (C=O) groups is 2. The lowest BCUT2D eigenvalue weighted by Crippen LogP contribution is -2.43. The average Bonchev–Trinajstić information content (AvgIpc) is 3.33. The number of benzene rings is 2. The normalized spacial score (nSPS) is 28.9. The average molecular weight is 375 g/mol. The van der Waals surface area contributed by atoms with Gasteiger partial charge >= 0.3 is 0 Å². The van der Waals surface area contributed by atoms with Crippen LogP contribution < -0.4 is 0 Å². The van der Waals surface area contributed by atoms with E-state index in [0.29, 0.717) is 43.0 Å². The van der Waals surface area contributed by atoms with Gasteiger partial charge in [0.05, 0.1) is 5.60 Å². The molecule has 2 aliphatic carbocycles. The van der Waals surface area contributed by atoms with Crippen molar-refractivity contribution >= 4 is 11.7 Å². The summed E-state index contributed by atoms with van der Waals surface area (Å²) in [5, 5.41) is 11.6. The van der Waals surface area contributed by atoms with Gasteiger partial charge in [-0.05, 0) is 48.8 Å². The van der Waals surface area contributed by atoms with Crippen LogP contribution in [-0.4, -0.2) is 34.8 Å². The molecule has 2 aromatic carbocycles. The molecule has 3 aliphatic rings. The van der Waals surface area contributed by atoms with Crippen LogP contribution in [0.25, 0.3) is 0 Å². The van der Waals surface area contributed by atoms with Crippen molar-refractivity contribution in [2.45, 2.75) is 37.7 Å². The highest BCUT2D eigenvalue weighted by molar-refractivity contribution is 6.05. The standard InChI is InChI=1S/C24H25NO3/c26-22-12-11-18-19(22)9-4-10-20(18)23(27)25-14-16-6-5-13-24(28,21(16)15-25)17-7-2-1-3-8-17/h1-4,7-10,16,21,28H,5-6,11-15H2/t16-,21+,24+/m1/s1. The zero-order valence-electron chi connectivity index (χ0n) is 15.9. The van der Waals surface area contributed by atoms with E-state index in [4.69, 9.17) is 0 Å². The second-order valence-electron chi connectivity index (χ2n) is 8.51. The Kier molecular flexibility index (Phi) is 4.13. The molecule has 5 rings (SSSR count). The Morgan fingerprint density at radius 2 is 1.86 bits per heavy atom. The first-order valence-corrected chi connectivity index (χ1v) is 10.3. The molecular formula is C24H25NO3. The Morgan fingerprint density at radius 3 is 2.68 bits per heavy atom. The SMILES string of the molecule is O=C1CCc2c1cccc2C(=O)N1C[C@H]2CCC[C@](O)(c3ccccc3)[C@H]2C1. The van der Waals surface area contributed by atoms with Gasteiger partial charge in [-0.3, -0.25) is 9.59 Å². The highest BCUT2D eigenvalue weighted by atomic mass is 16.3. The molecule has 1 amide bonds. The number of fused-ring (bicyclic) bond motifs is 2. The fourth-order valence-corrected chi connectivity index (χ4v) is 5.64. The summed E-state index contributed by atoms with van der Waals surface area (Å²) < 4.78 is 0. The van der Waals surface area contributed by atoms with Crippen LogP contribution in [0.3, 0.4) is 0 Å². The van der Waals surface area contributed by atoms with Crippen molar-refractivity contribution in [3.63, 3.8) is 0 Å².